The lowest BCUT2D eigenvalue weighted by atomic mass is 10.1. The van der Waals surface area contributed by atoms with Crippen molar-refractivity contribution in [3.63, 3.8) is 0 Å². The third-order valence-electron chi connectivity index (χ3n) is 4.07. The van der Waals surface area contributed by atoms with Gasteiger partial charge in [-0.1, -0.05) is 30.9 Å². The van der Waals surface area contributed by atoms with Crippen LogP contribution in [0.4, 0.5) is 5.69 Å². The molecule has 0 saturated carbocycles. The van der Waals surface area contributed by atoms with Gasteiger partial charge in [0.15, 0.2) is 11.5 Å². The Labute approximate surface area is 185 Å². The SMILES string of the molecule is C=CCOc1c(I)cc(/C=C(/C#N)C(=O)Nc2c(C)cccc2C)cc1OCC. The fourth-order valence-corrected chi connectivity index (χ4v) is 3.51. The molecule has 0 unspecified atom stereocenters. The summed E-state index contributed by atoms with van der Waals surface area (Å²) in [6.07, 6.45) is 3.20. The number of para-hydroxylation sites is 1. The molecule has 0 aromatic heterocycles. The molecular formula is C23H23IN2O3. The predicted octanol–water partition coefficient (Wildman–Crippen LogP) is 5.42. The van der Waals surface area contributed by atoms with E-state index in [4.69, 9.17) is 9.47 Å². The standard InChI is InChI=1S/C23H23IN2O3/c1-5-10-29-22-19(24)12-17(13-20(22)28-6-2)11-18(14-25)23(27)26-21-15(3)8-7-9-16(21)4/h5,7-9,11-13H,1,6,10H2,2-4H3,(H,26,27)/b18-11-. The molecule has 0 aliphatic carbocycles. The number of ether oxygens (including phenoxy) is 2. The third kappa shape index (κ3) is 5.84. The van der Waals surface area contributed by atoms with Gasteiger partial charge in [-0.05, 0) is 78.3 Å². The molecule has 0 radical (unpaired) electrons. The Hall–Kier alpha value is -2.79. The monoisotopic (exact) mass is 502 g/mol. The molecular weight excluding hydrogens is 479 g/mol. The van der Waals surface area contributed by atoms with Crippen LogP contribution in [0.5, 0.6) is 11.5 Å². The molecule has 0 fully saturated rings. The quantitative estimate of drug-likeness (QED) is 0.227. The van der Waals surface area contributed by atoms with Crippen molar-refractivity contribution in [3.05, 3.63) is 68.8 Å². The molecule has 0 bridgehead atoms. The van der Waals surface area contributed by atoms with Gasteiger partial charge in [-0.2, -0.15) is 5.26 Å². The van der Waals surface area contributed by atoms with Crippen molar-refractivity contribution in [2.45, 2.75) is 20.8 Å². The number of hydrogen-bond acceptors (Lipinski definition) is 4. The molecule has 1 amide bonds. The summed E-state index contributed by atoms with van der Waals surface area (Å²) in [5, 5.41) is 12.4. The summed E-state index contributed by atoms with van der Waals surface area (Å²) in [4.78, 5) is 12.7. The zero-order chi connectivity index (χ0) is 21.4. The minimum atomic E-state index is -0.454. The summed E-state index contributed by atoms with van der Waals surface area (Å²) in [5.74, 6) is 0.716. The van der Waals surface area contributed by atoms with Crippen LogP contribution < -0.4 is 14.8 Å². The van der Waals surface area contributed by atoms with Crippen molar-refractivity contribution >= 4 is 40.3 Å². The predicted molar refractivity (Wildman–Crippen MR) is 124 cm³/mol. The maximum Gasteiger partial charge on any atom is 0.266 e. The molecule has 0 aliphatic rings. The van der Waals surface area contributed by atoms with E-state index in [1.165, 1.54) is 0 Å². The zero-order valence-electron chi connectivity index (χ0n) is 16.7. The van der Waals surface area contributed by atoms with E-state index in [1.807, 2.05) is 51.1 Å². The first-order chi connectivity index (χ1) is 13.9. The third-order valence-corrected chi connectivity index (χ3v) is 4.87. The van der Waals surface area contributed by atoms with Gasteiger partial charge in [0.1, 0.15) is 18.2 Å². The topological polar surface area (TPSA) is 71.3 Å². The Balaban J connectivity index is 2.38. The number of nitrogens with one attached hydrogen (secondary N) is 1. The molecule has 0 spiro atoms. The number of amides is 1. The van der Waals surface area contributed by atoms with Gasteiger partial charge in [-0.15, -0.1) is 0 Å². The van der Waals surface area contributed by atoms with E-state index in [9.17, 15) is 10.1 Å². The molecule has 1 N–H and O–H groups in total. The first-order valence-electron chi connectivity index (χ1n) is 9.10. The van der Waals surface area contributed by atoms with Crippen molar-refractivity contribution in [1.82, 2.24) is 0 Å². The first kappa shape index (κ1) is 22.5. The number of benzene rings is 2. The lowest BCUT2D eigenvalue weighted by Crippen LogP contribution is -2.15. The van der Waals surface area contributed by atoms with Gasteiger partial charge >= 0.3 is 0 Å². The highest BCUT2D eigenvalue weighted by Crippen LogP contribution is 2.35. The van der Waals surface area contributed by atoms with Crippen molar-refractivity contribution < 1.29 is 14.3 Å². The van der Waals surface area contributed by atoms with Gasteiger partial charge < -0.3 is 14.8 Å². The lowest BCUT2D eigenvalue weighted by Gasteiger charge is -2.14. The minimum Gasteiger partial charge on any atom is -0.490 e. The highest BCUT2D eigenvalue weighted by atomic mass is 127. The van der Waals surface area contributed by atoms with Crippen molar-refractivity contribution in [1.29, 1.82) is 5.26 Å². The lowest BCUT2D eigenvalue weighted by molar-refractivity contribution is -0.112. The highest BCUT2D eigenvalue weighted by Gasteiger charge is 2.15. The van der Waals surface area contributed by atoms with Crippen LogP contribution in [0, 0.1) is 28.7 Å². The minimum absolute atomic E-state index is 0.00524. The molecule has 0 atom stereocenters. The smallest absolute Gasteiger partial charge is 0.266 e. The van der Waals surface area contributed by atoms with E-state index < -0.39 is 5.91 Å². The number of aryl methyl sites for hydroxylation is 2. The van der Waals surface area contributed by atoms with E-state index in [1.54, 1.807) is 18.2 Å². The van der Waals surface area contributed by atoms with Gasteiger partial charge in [-0.3, -0.25) is 4.79 Å². The Morgan fingerprint density at radius 2 is 1.97 bits per heavy atom. The van der Waals surface area contributed by atoms with E-state index in [-0.39, 0.29) is 5.57 Å². The van der Waals surface area contributed by atoms with Gasteiger partial charge in [0, 0.05) is 5.69 Å². The number of carbonyl (C=O) groups excluding carboxylic acids is 1. The zero-order valence-corrected chi connectivity index (χ0v) is 18.9. The van der Waals surface area contributed by atoms with E-state index in [2.05, 4.69) is 34.5 Å². The highest BCUT2D eigenvalue weighted by molar-refractivity contribution is 14.1. The summed E-state index contributed by atoms with van der Waals surface area (Å²) >= 11 is 2.14. The summed E-state index contributed by atoms with van der Waals surface area (Å²) in [5.41, 5.74) is 3.28. The second-order valence-electron chi connectivity index (χ2n) is 6.25. The number of hydrogen-bond donors (Lipinski definition) is 1. The first-order valence-corrected chi connectivity index (χ1v) is 10.2. The van der Waals surface area contributed by atoms with Crippen LogP contribution >= 0.6 is 22.6 Å². The maximum atomic E-state index is 12.7. The van der Waals surface area contributed by atoms with Gasteiger partial charge in [0.05, 0.1) is 10.2 Å². The second kappa shape index (κ2) is 10.7. The summed E-state index contributed by atoms with van der Waals surface area (Å²) in [7, 11) is 0. The van der Waals surface area contributed by atoms with Crippen molar-refractivity contribution in [2.24, 2.45) is 0 Å². The largest absolute Gasteiger partial charge is 0.490 e. The van der Waals surface area contributed by atoms with Crippen LogP contribution in [0.15, 0.2) is 48.6 Å². The normalized spacial score (nSPS) is 10.8. The van der Waals surface area contributed by atoms with Gasteiger partial charge in [0.2, 0.25) is 0 Å². The van der Waals surface area contributed by atoms with E-state index >= 15 is 0 Å². The van der Waals surface area contributed by atoms with Crippen molar-refractivity contribution in [3.8, 4) is 17.6 Å². The summed E-state index contributed by atoms with van der Waals surface area (Å²) in [6.45, 7) is 10.2. The summed E-state index contributed by atoms with van der Waals surface area (Å²) in [6, 6.07) is 11.3. The van der Waals surface area contributed by atoms with Crippen LogP contribution in [0.1, 0.15) is 23.6 Å². The molecule has 0 aliphatic heterocycles. The number of nitrogens with zero attached hydrogens (tertiary/aromatic N) is 1. The fraction of sp³-hybridized carbons (Fsp3) is 0.217. The molecule has 6 heteroatoms. The molecule has 5 nitrogen and oxygen atoms in total. The fourth-order valence-electron chi connectivity index (χ4n) is 2.72. The number of rotatable bonds is 8. The number of carbonyl (C=O) groups is 1. The van der Waals surface area contributed by atoms with Crippen LogP contribution in [0.2, 0.25) is 0 Å². The van der Waals surface area contributed by atoms with Crippen LogP contribution in [-0.2, 0) is 4.79 Å². The summed E-state index contributed by atoms with van der Waals surface area (Å²) < 4.78 is 12.2. The molecule has 2 rings (SSSR count). The average Bonchev–Trinajstić information content (AvgIpc) is 2.68. The molecule has 150 valence electrons. The average molecular weight is 502 g/mol. The van der Waals surface area contributed by atoms with E-state index in [0.29, 0.717) is 30.3 Å². The van der Waals surface area contributed by atoms with Crippen molar-refractivity contribution in [2.75, 3.05) is 18.5 Å². The Kier molecular flexibility index (Phi) is 8.28. The maximum absolute atomic E-state index is 12.7. The molecule has 0 saturated heterocycles. The molecule has 0 heterocycles. The van der Waals surface area contributed by atoms with Gasteiger partial charge in [-0.25, -0.2) is 0 Å². The van der Waals surface area contributed by atoms with Crippen LogP contribution in [-0.4, -0.2) is 19.1 Å². The molecule has 2 aromatic carbocycles. The Morgan fingerprint density at radius 3 is 2.55 bits per heavy atom. The second-order valence-corrected chi connectivity index (χ2v) is 7.42. The van der Waals surface area contributed by atoms with E-state index in [0.717, 1.165) is 20.4 Å². The number of halogens is 1. The Morgan fingerprint density at radius 1 is 1.28 bits per heavy atom. The Bertz CT molecular complexity index is 970. The molecule has 29 heavy (non-hydrogen) atoms. The van der Waals surface area contributed by atoms with Crippen LogP contribution in [0.3, 0.4) is 0 Å². The molecule has 2 aromatic rings. The van der Waals surface area contributed by atoms with Crippen LogP contribution in [0.25, 0.3) is 6.08 Å². The number of anilines is 1. The van der Waals surface area contributed by atoms with Gasteiger partial charge in [0.25, 0.3) is 5.91 Å². The number of nitriles is 1.